The van der Waals surface area contributed by atoms with Crippen molar-refractivity contribution in [1.82, 2.24) is 9.97 Å². The molecule has 5 heteroatoms. The van der Waals surface area contributed by atoms with Gasteiger partial charge in [-0.15, -0.1) is 11.3 Å². The molecule has 1 unspecified atom stereocenters. The normalized spacial score (nSPS) is 20.2. The Bertz CT molecular complexity index is 623. The Morgan fingerprint density at radius 2 is 2.24 bits per heavy atom. The molecule has 1 atom stereocenters. The molecule has 4 nitrogen and oxygen atoms in total. The van der Waals surface area contributed by atoms with Crippen LogP contribution < -0.4 is 5.56 Å². The van der Waals surface area contributed by atoms with Gasteiger partial charge in [-0.05, 0) is 26.7 Å². The zero-order chi connectivity index (χ0) is 12.0. The van der Waals surface area contributed by atoms with Crippen LogP contribution in [0.25, 0.3) is 10.9 Å². The fraction of sp³-hybridized carbons (Fsp3) is 0.500. The Kier molecular flexibility index (Phi) is 2.52. The highest BCUT2D eigenvalue weighted by Gasteiger charge is 2.22. The van der Waals surface area contributed by atoms with Gasteiger partial charge in [-0.2, -0.15) is 0 Å². The Balaban J connectivity index is 2.22. The average molecular weight is 250 g/mol. The van der Waals surface area contributed by atoms with Crippen LogP contribution in [0, 0.1) is 13.8 Å². The predicted octanol–water partition coefficient (Wildman–Crippen LogP) is 2.45. The van der Waals surface area contributed by atoms with Crippen LogP contribution in [0.5, 0.6) is 0 Å². The number of thiophene rings is 1. The monoisotopic (exact) mass is 250 g/mol. The highest BCUT2D eigenvalue weighted by Crippen LogP contribution is 2.29. The molecular weight excluding hydrogens is 236 g/mol. The van der Waals surface area contributed by atoms with Gasteiger partial charge in [0.25, 0.3) is 5.56 Å². The minimum absolute atomic E-state index is 0.0355. The van der Waals surface area contributed by atoms with E-state index in [4.69, 9.17) is 4.74 Å². The van der Waals surface area contributed by atoms with Crippen LogP contribution in [-0.4, -0.2) is 16.6 Å². The highest BCUT2D eigenvalue weighted by molar-refractivity contribution is 7.13. The van der Waals surface area contributed by atoms with Gasteiger partial charge in [0.2, 0.25) is 0 Å². The molecule has 0 saturated carbocycles. The van der Waals surface area contributed by atoms with Gasteiger partial charge in [0.15, 0.2) is 0 Å². The zero-order valence-electron chi connectivity index (χ0n) is 9.87. The number of rotatable bonds is 1. The minimum atomic E-state index is -0.0395. The van der Waals surface area contributed by atoms with Crippen LogP contribution in [0.15, 0.2) is 4.79 Å². The summed E-state index contributed by atoms with van der Waals surface area (Å²) in [6, 6.07) is 0. The molecule has 0 spiro atoms. The summed E-state index contributed by atoms with van der Waals surface area (Å²) in [6.45, 7) is 4.72. The lowest BCUT2D eigenvalue weighted by atomic mass is 10.2. The Hall–Kier alpha value is -1.20. The van der Waals surface area contributed by atoms with Crippen LogP contribution in [0.4, 0.5) is 0 Å². The van der Waals surface area contributed by atoms with Crippen molar-refractivity contribution in [2.45, 2.75) is 32.8 Å². The lowest BCUT2D eigenvalue weighted by molar-refractivity contribution is 0.105. The van der Waals surface area contributed by atoms with E-state index < -0.39 is 0 Å². The Labute approximate surface area is 103 Å². The molecule has 1 saturated heterocycles. The summed E-state index contributed by atoms with van der Waals surface area (Å²) >= 11 is 1.62. The quantitative estimate of drug-likeness (QED) is 0.845. The maximum absolute atomic E-state index is 12.0. The molecule has 0 amide bonds. The summed E-state index contributed by atoms with van der Waals surface area (Å²) in [5.41, 5.74) is 0.795. The van der Waals surface area contributed by atoms with Crippen molar-refractivity contribution in [3.05, 3.63) is 25.9 Å². The lowest BCUT2D eigenvalue weighted by Gasteiger charge is -2.08. The Morgan fingerprint density at radius 1 is 1.41 bits per heavy atom. The molecule has 1 fully saturated rings. The van der Waals surface area contributed by atoms with Gasteiger partial charge < -0.3 is 9.72 Å². The first kappa shape index (κ1) is 10.9. The second-order valence-electron chi connectivity index (χ2n) is 4.39. The van der Waals surface area contributed by atoms with Crippen molar-refractivity contribution in [2.75, 3.05) is 6.61 Å². The molecule has 3 heterocycles. The van der Waals surface area contributed by atoms with E-state index >= 15 is 0 Å². The summed E-state index contributed by atoms with van der Waals surface area (Å²) in [4.78, 5) is 21.6. The summed E-state index contributed by atoms with van der Waals surface area (Å²) in [7, 11) is 0. The van der Waals surface area contributed by atoms with Crippen LogP contribution in [0.1, 0.15) is 34.5 Å². The van der Waals surface area contributed by atoms with Crippen molar-refractivity contribution >= 4 is 22.2 Å². The summed E-state index contributed by atoms with van der Waals surface area (Å²) in [6.07, 6.45) is 1.94. The molecule has 3 rings (SSSR count). The molecule has 0 bridgehead atoms. The first-order chi connectivity index (χ1) is 8.16. The second kappa shape index (κ2) is 3.92. The van der Waals surface area contributed by atoms with E-state index in [1.54, 1.807) is 11.3 Å². The standard InChI is InChI=1S/C12H14N2O2S/c1-6-9-10(7(2)17-6)13-11(14-12(9)15)8-4-3-5-16-8/h8H,3-5H2,1-2H3,(H,13,14,15). The van der Waals surface area contributed by atoms with Gasteiger partial charge >= 0.3 is 0 Å². The van der Waals surface area contributed by atoms with E-state index in [1.165, 1.54) is 0 Å². The van der Waals surface area contributed by atoms with Crippen LogP contribution in [0.3, 0.4) is 0 Å². The molecule has 90 valence electrons. The maximum atomic E-state index is 12.0. The van der Waals surface area contributed by atoms with Gasteiger partial charge in [-0.25, -0.2) is 4.98 Å². The van der Waals surface area contributed by atoms with Crippen LogP contribution in [-0.2, 0) is 4.74 Å². The van der Waals surface area contributed by atoms with E-state index in [-0.39, 0.29) is 11.7 Å². The highest BCUT2D eigenvalue weighted by atomic mass is 32.1. The molecule has 17 heavy (non-hydrogen) atoms. The maximum Gasteiger partial charge on any atom is 0.259 e. The Morgan fingerprint density at radius 3 is 2.94 bits per heavy atom. The van der Waals surface area contributed by atoms with Crippen molar-refractivity contribution < 1.29 is 4.74 Å². The molecule has 1 aliphatic heterocycles. The zero-order valence-corrected chi connectivity index (χ0v) is 10.7. The predicted molar refractivity (Wildman–Crippen MR) is 67.6 cm³/mol. The van der Waals surface area contributed by atoms with Gasteiger partial charge in [-0.3, -0.25) is 4.79 Å². The topological polar surface area (TPSA) is 55.0 Å². The van der Waals surface area contributed by atoms with Crippen molar-refractivity contribution in [1.29, 1.82) is 0 Å². The second-order valence-corrected chi connectivity index (χ2v) is 5.82. The van der Waals surface area contributed by atoms with Crippen molar-refractivity contribution in [2.24, 2.45) is 0 Å². The third-order valence-corrected chi connectivity index (χ3v) is 4.17. The molecule has 2 aromatic heterocycles. The van der Waals surface area contributed by atoms with Gasteiger partial charge in [0, 0.05) is 16.4 Å². The third-order valence-electron chi connectivity index (χ3n) is 3.16. The largest absolute Gasteiger partial charge is 0.370 e. The van der Waals surface area contributed by atoms with Gasteiger partial charge in [-0.1, -0.05) is 0 Å². The third kappa shape index (κ3) is 1.70. The SMILES string of the molecule is Cc1sc(C)c2c(=O)[nH]c(C3CCCO3)nc12. The minimum Gasteiger partial charge on any atom is -0.370 e. The molecule has 0 aromatic carbocycles. The number of nitrogens with one attached hydrogen (secondary N) is 1. The van der Waals surface area contributed by atoms with Gasteiger partial charge in [0.1, 0.15) is 11.9 Å². The van der Waals surface area contributed by atoms with E-state index in [9.17, 15) is 4.79 Å². The summed E-state index contributed by atoms with van der Waals surface area (Å²) < 4.78 is 5.56. The summed E-state index contributed by atoms with van der Waals surface area (Å²) in [5, 5.41) is 0.731. The first-order valence-electron chi connectivity index (χ1n) is 5.78. The van der Waals surface area contributed by atoms with E-state index in [0.29, 0.717) is 5.82 Å². The lowest BCUT2D eigenvalue weighted by Crippen LogP contribution is -2.14. The molecule has 1 aliphatic rings. The number of hydrogen-bond acceptors (Lipinski definition) is 4. The average Bonchev–Trinajstić information content (AvgIpc) is 2.88. The number of aryl methyl sites for hydroxylation is 2. The fourth-order valence-electron chi connectivity index (χ4n) is 2.35. The number of hydrogen-bond donors (Lipinski definition) is 1. The van der Waals surface area contributed by atoms with Gasteiger partial charge in [0.05, 0.1) is 10.9 Å². The molecular formula is C12H14N2O2S. The van der Waals surface area contributed by atoms with E-state index in [0.717, 1.165) is 40.1 Å². The van der Waals surface area contributed by atoms with Crippen molar-refractivity contribution in [3.63, 3.8) is 0 Å². The van der Waals surface area contributed by atoms with Crippen LogP contribution >= 0.6 is 11.3 Å². The number of nitrogens with zero attached hydrogens (tertiary/aromatic N) is 1. The van der Waals surface area contributed by atoms with Crippen LogP contribution in [0.2, 0.25) is 0 Å². The number of H-pyrrole nitrogens is 1. The number of aromatic amines is 1. The molecule has 2 aromatic rings. The van der Waals surface area contributed by atoms with E-state index in [2.05, 4.69) is 9.97 Å². The molecule has 0 radical (unpaired) electrons. The number of aromatic nitrogens is 2. The fourth-order valence-corrected chi connectivity index (χ4v) is 3.34. The van der Waals surface area contributed by atoms with Crippen molar-refractivity contribution in [3.8, 4) is 0 Å². The summed E-state index contributed by atoms with van der Waals surface area (Å²) in [5.74, 6) is 0.681. The first-order valence-corrected chi connectivity index (χ1v) is 6.60. The number of fused-ring (bicyclic) bond motifs is 1. The molecule has 1 N–H and O–H groups in total. The smallest absolute Gasteiger partial charge is 0.259 e. The molecule has 0 aliphatic carbocycles. The number of ether oxygens (including phenoxy) is 1. The van der Waals surface area contributed by atoms with E-state index in [1.807, 2.05) is 13.8 Å².